The van der Waals surface area contributed by atoms with E-state index in [-0.39, 0.29) is 23.9 Å². The third kappa shape index (κ3) is 7.50. The summed E-state index contributed by atoms with van der Waals surface area (Å²) in [6.45, 7) is 4.15. The Kier molecular flexibility index (Phi) is 7.97. The fraction of sp³-hybridized carbons (Fsp3) is 0.227. The lowest BCUT2D eigenvalue weighted by Gasteiger charge is -2.10. The predicted molar refractivity (Wildman–Crippen MR) is 114 cm³/mol. The molecule has 4 N–H and O–H groups in total. The van der Waals surface area contributed by atoms with Crippen molar-refractivity contribution in [3.8, 4) is 0 Å². The van der Waals surface area contributed by atoms with Gasteiger partial charge in [0.05, 0.1) is 0 Å². The molecule has 0 bridgehead atoms. The topological polar surface area (TPSA) is 99.3 Å². The van der Waals surface area contributed by atoms with Crippen LogP contribution in [0.15, 0.2) is 54.6 Å². The minimum atomic E-state index is -0.255. The molecule has 152 valence electrons. The van der Waals surface area contributed by atoms with Gasteiger partial charge < -0.3 is 21.3 Å². The van der Waals surface area contributed by atoms with Crippen molar-refractivity contribution >= 4 is 29.6 Å². The predicted octanol–water partition coefficient (Wildman–Crippen LogP) is 2.91. The minimum absolute atomic E-state index is 0.0614. The van der Waals surface area contributed by atoms with Crippen molar-refractivity contribution in [2.45, 2.75) is 26.4 Å². The van der Waals surface area contributed by atoms with Crippen LogP contribution in [0.3, 0.4) is 0 Å². The van der Waals surface area contributed by atoms with Crippen LogP contribution in [0.2, 0.25) is 0 Å². The number of anilines is 1. The summed E-state index contributed by atoms with van der Waals surface area (Å²) in [5.41, 5.74) is 2.98. The van der Waals surface area contributed by atoms with Crippen LogP contribution in [0.25, 0.3) is 6.08 Å². The number of benzene rings is 2. The van der Waals surface area contributed by atoms with E-state index in [1.54, 1.807) is 49.5 Å². The molecule has 4 amide bonds. The third-order valence-electron chi connectivity index (χ3n) is 3.93. The molecule has 2 rings (SSSR count). The van der Waals surface area contributed by atoms with Crippen LogP contribution < -0.4 is 21.3 Å². The van der Waals surface area contributed by atoms with Crippen LogP contribution in [0, 0.1) is 0 Å². The molecule has 2 aromatic rings. The summed E-state index contributed by atoms with van der Waals surface area (Å²) in [4.78, 5) is 35.2. The maximum absolute atomic E-state index is 12.0. The average molecular weight is 394 g/mol. The van der Waals surface area contributed by atoms with E-state index in [1.165, 1.54) is 6.08 Å². The van der Waals surface area contributed by atoms with E-state index in [4.69, 9.17) is 0 Å². The van der Waals surface area contributed by atoms with Crippen LogP contribution in [-0.2, 0) is 11.3 Å². The Labute approximate surface area is 170 Å². The number of amides is 4. The molecule has 29 heavy (non-hydrogen) atoms. The number of carbonyl (C=O) groups excluding carboxylic acids is 3. The van der Waals surface area contributed by atoms with Crippen molar-refractivity contribution < 1.29 is 14.4 Å². The molecule has 2 aromatic carbocycles. The first-order chi connectivity index (χ1) is 13.9. The summed E-state index contributed by atoms with van der Waals surface area (Å²) >= 11 is 0. The molecular weight excluding hydrogens is 368 g/mol. The van der Waals surface area contributed by atoms with E-state index in [0.717, 1.165) is 11.1 Å². The van der Waals surface area contributed by atoms with Crippen molar-refractivity contribution in [2.24, 2.45) is 0 Å². The second kappa shape index (κ2) is 10.7. The highest BCUT2D eigenvalue weighted by atomic mass is 16.2. The Bertz CT molecular complexity index is 872. The largest absolute Gasteiger partial charge is 0.355 e. The van der Waals surface area contributed by atoms with Gasteiger partial charge in [0.1, 0.15) is 0 Å². The normalized spacial score (nSPS) is 10.6. The number of hydrogen-bond acceptors (Lipinski definition) is 3. The zero-order valence-electron chi connectivity index (χ0n) is 16.8. The van der Waals surface area contributed by atoms with Gasteiger partial charge >= 0.3 is 6.03 Å². The molecule has 7 nitrogen and oxygen atoms in total. The molecule has 0 saturated carbocycles. The van der Waals surface area contributed by atoms with Gasteiger partial charge in [0.25, 0.3) is 5.91 Å². The number of rotatable bonds is 7. The Morgan fingerprint density at radius 2 is 1.62 bits per heavy atom. The summed E-state index contributed by atoms with van der Waals surface area (Å²) in [5.74, 6) is -0.376. The quantitative estimate of drug-likeness (QED) is 0.543. The van der Waals surface area contributed by atoms with Crippen molar-refractivity contribution in [3.05, 3.63) is 71.3 Å². The lowest BCUT2D eigenvalue weighted by atomic mass is 10.1. The molecule has 0 spiro atoms. The van der Waals surface area contributed by atoms with Crippen LogP contribution in [0.5, 0.6) is 0 Å². The molecule has 0 radical (unpaired) electrons. The smallest absolute Gasteiger partial charge is 0.319 e. The average Bonchev–Trinajstić information content (AvgIpc) is 2.71. The molecule has 0 aromatic heterocycles. The summed E-state index contributed by atoms with van der Waals surface area (Å²) in [7, 11) is 1.58. The number of urea groups is 1. The van der Waals surface area contributed by atoms with E-state index in [0.29, 0.717) is 17.8 Å². The molecule has 0 saturated heterocycles. The molecular formula is C22H26N4O3. The fourth-order valence-corrected chi connectivity index (χ4v) is 2.45. The van der Waals surface area contributed by atoms with E-state index >= 15 is 0 Å². The zero-order chi connectivity index (χ0) is 21.2. The molecule has 0 fully saturated rings. The van der Waals surface area contributed by atoms with Gasteiger partial charge in [0.15, 0.2) is 0 Å². The van der Waals surface area contributed by atoms with E-state index in [1.807, 2.05) is 26.0 Å². The van der Waals surface area contributed by atoms with Gasteiger partial charge in [0.2, 0.25) is 5.91 Å². The second-order valence-electron chi connectivity index (χ2n) is 6.70. The number of nitrogens with one attached hydrogen (secondary N) is 4. The van der Waals surface area contributed by atoms with Gasteiger partial charge in [-0.15, -0.1) is 0 Å². The summed E-state index contributed by atoms with van der Waals surface area (Å²) < 4.78 is 0. The molecule has 0 aliphatic carbocycles. The molecule has 0 atom stereocenters. The molecule has 0 heterocycles. The Morgan fingerprint density at radius 3 is 2.21 bits per heavy atom. The van der Waals surface area contributed by atoms with E-state index in [2.05, 4.69) is 21.3 Å². The molecule has 0 unspecified atom stereocenters. The maximum atomic E-state index is 12.0. The first kappa shape index (κ1) is 21.7. The second-order valence-corrected chi connectivity index (χ2v) is 6.70. The van der Waals surface area contributed by atoms with Gasteiger partial charge in [-0.3, -0.25) is 9.59 Å². The van der Waals surface area contributed by atoms with Crippen molar-refractivity contribution in [2.75, 3.05) is 12.4 Å². The highest BCUT2D eigenvalue weighted by Gasteiger charge is 2.04. The first-order valence-electron chi connectivity index (χ1n) is 9.32. The van der Waals surface area contributed by atoms with Gasteiger partial charge in [-0.05, 0) is 55.3 Å². The Balaban J connectivity index is 1.82. The summed E-state index contributed by atoms with van der Waals surface area (Å²) in [5, 5.41) is 10.9. The van der Waals surface area contributed by atoms with Gasteiger partial charge in [-0.2, -0.15) is 0 Å². The summed E-state index contributed by atoms with van der Waals surface area (Å²) in [6.07, 6.45) is 3.13. The number of hydrogen-bond donors (Lipinski definition) is 4. The van der Waals surface area contributed by atoms with Gasteiger partial charge in [-0.1, -0.05) is 24.3 Å². The lowest BCUT2D eigenvalue weighted by Crippen LogP contribution is -2.34. The highest BCUT2D eigenvalue weighted by Crippen LogP contribution is 2.10. The summed E-state index contributed by atoms with van der Waals surface area (Å²) in [6, 6.07) is 14.0. The van der Waals surface area contributed by atoms with Gasteiger partial charge in [0, 0.05) is 37.0 Å². The van der Waals surface area contributed by atoms with Crippen molar-refractivity contribution in [1.82, 2.24) is 16.0 Å². The molecule has 0 aliphatic heterocycles. The molecule has 7 heteroatoms. The lowest BCUT2D eigenvalue weighted by molar-refractivity contribution is -0.116. The van der Waals surface area contributed by atoms with Gasteiger partial charge in [-0.25, -0.2) is 4.79 Å². The monoisotopic (exact) mass is 394 g/mol. The van der Waals surface area contributed by atoms with Crippen molar-refractivity contribution in [3.63, 3.8) is 0 Å². The standard InChI is InChI=1S/C22H26N4O3/c1-15(2)25-22(29)26-19-11-6-17(7-12-19)14-24-20(27)13-8-16-4-9-18(10-5-16)21(28)23-3/h4-13,15H,14H2,1-3H3,(H,23,28)(H,24,27)(H2,25,26,29)/b13-8+. The maximum Gasteiger partial charge on any atom is 0.319 e. The number of carbonyl (C=O) groups is 3. The Hall–Kier alpha value is -3.61. The third-order valence-corrected chi connectivity index (χ3v) is 3.93. The van der Waals surface area contributed by atoms with Crippen LogP contribution >= 0.6 is 0 Å². The van der Waals surface area contributed by atoms with E-state index < -0.39 is 0 Å². The SMILES string of the molecule is CNC(=O)c1ccc(/C=C/C(=O)NCc2ccc(NC(=O)NC(C)C)cc2)cc1. The minimum Gasteiger partial charge on any atom is -0.355 e. The van der Waals surface area contributed by atoms with Crippen LogP contribution in [0.1, 0.15) is 35.3 Å². The first-order valence-corrected chi connectivity index (χ1v) is 9.32. The molecule has 0 aliphatic rings. The highest BCUT2D eigenvalue weighted by molar-refractivity contribution is 5.95. The fourth-order valence-electron chi connectivity index (χ4n) is 2.45. The van der Waals surface area contributed by atoms with E-state index in [9.17, 15) is 14.4 Å². The Morgan fingerprint density at radius 1 is 0.966 bits per heavy atom. The van der Waals surface area contributed by atoms with Crippen LogP contribution in [-0.4, -0.2) is 30.9 Å². The van der Waals surface area contributed by atoms with Crippen molar-refractivity contribution in [1.29, 1.82) is 0 Å². The zero-order valence-corrected chi connectivity index (χ0v) is 16.8. The van der Waals surface area contributed by atoms with Crippen LogP contribution in [0.4, 0.5) is 10.5 Å².